The molecule has 0 unspecified atom stereocenters. The van der Waals surface area contributed by atoms with E-state index in [0.29, 0.717) is 28.5 Å². The Morgan fingerprint density at radius 3 is 2.82 bits per heavy atom. The molecular formula is C21H20N4O2S. The van der Waals surface area contributed by atoms with Crippen LogP contribution in [0.4, 0.5) is 5.69 Å². The molecule has 0 aliphatic heterocycles. The summed E-state index contributed by atoms with van der Waals surface area (Å²) in [6.45, 7) is 0. The molecule has 0 saturated heterocycles. The van der Waals surface area contributed by atoms with Crippen LogP contribution in [0, 0.1) is 11.3 Å². The number of fused-ring (bicyclic) bond motifs is 1. The van der Waals surface area contributed by atoms with Gasteiger partial charge in [0.05, 0.1) is 39.1 Å². The van der Waals surface area contributed by atoms with E-state index in [1.54, 1.807) is 18.4 Å². The highest BCUT2D eigenvalue weighted by molar-refractivity contribution is 7.18. The number of ether oxygens (including phenoxy) is 1. The van der Waals surface area contributed by atoms with E-state index in [9.17, 15) is 4.79 Å². The molecule has 3 aromatic rings. The van der Waals surface area contributed by atoms with Crippen LogP contribution < -0.4 is 10.1 Å². The molecule has 0 atom stereocenters. The van der Waals surface area contributed by atoms with E-state index < -0.39 is 0 Å². The van der Waals surface area contributed by atoms with Crippen molar-refractivity contribution in [2.45, 2.75) is 38.0 Å². The number of hydrogen-bond acceptors (Lipinski definition) is 6. The summed E-state index contributed by atoms with van der Waals surface area (Å²) in [5, 5.41) is 13.0. The van der Waals surface area contributed by atoms with Crippen molar-refractivity contribution in [3.8, 4) is 11.8 Å². The predicted octanol–water partition coefficient (Wildman–Crippen LogP) is 4.87. The summed E-state index contributed by atoms with van der Waals surface area (Å²) in [6, 6.07) is 7.30. The second kappa shape index (κ2) is 7.95. The molecule has 1 aromatic carbocycles. The second-order valence-corrected chi connectivity index (χ2v) is 8.00. The highest BCUT2D eigenvalue weighted by atomic mass is 32.1. The number of amides is 1. The summed E-state index contributed by atoms with van der Waals surface area (Å²) < 4.78 is 6.50. The maximum absolute atomic E-state index is 12.6. The van der Waals surface area contributed by atoms with Crippen molar-refractivity contribution >= 4 is 33.1 Å². The van der Waals surface area contributed by atoms with Crippen LogP contribution in [-0.2, 0) is 0 Å². The molecule has 1 aliphatic carbocycles. The first-order valence-corrected chi connectivity index (χ1v) is 10.1. The lowest BCUT2D eigenvalue weighted by Gasteiger charge is -2.18. The fourth-order valence-corrected chi connectivity index (χ4v) is 4.74. The van der Waals surface area contributed by atoms with Gasteiger partial charge in [-0.3, -0.25) is 9.78 Å². The van der Waals surface area contributed by atoms with Crippen molar-refractivity contribution in [1.29, 1.82) is 5.26 Å². The minimum absolute atomic E-state index is 0.327. The Morgan fingerprint density at radius 2 is 2.07 bits per heavy atom. The Hall–Kier alpha value is -2.98. The van der Waals surface area contributed by atoms with Gasteiger partial charge in [-0.1, -0.05) is 19.3 Å². The van der Waals surface area contributed by atoms with Crippen LogP contribution in [0.2, 0.25) is 0 Å². The van der Waals surface area contributed by atoms with E-state index in [1.165, 1.54) is 55.6 Å². The number of carbonyl (C=O) groups excluding carboxylic acids is 1. The average Bonchev–Trinajstić information content (AvgIpc) is 3.16. The van der Waals surface area contributed by atoms with Crippen molar-refractivity contribution in [2.75, 3.05) is 12.4 Å². The molecule has 1 amide bonds. The van der Waals surface area contributed by atoms with Gasteiger partial charge in [-0.25, -0.2) is 4.98 Å². The van der Waals surface area contributed by atoms with Gasteiger partial charge in [0.2, 0.25) is 0 Å². The molecular weight excluding hydrogens is 372 g/mol. The van der Waals surface area contributed by atoms with Gasteiger partial charge in [0.15, 0.2) is 0 Å². The Labute approximate surface area is 167 Å². The van der Waals surface area contributed by atoms with Gasteiger partial charge < -0.3 is 10.1 Å². The standard InChI is InChI=1S/C21H20N4O2S/c1-27-18-8-17-19(28-21(25-17)14-5-3-2-4-6-14)9-16(18)24-20(26)15-7-13(10-22)11-23-12-15/h7-9,11-12,14H,2-6H2,1H3,(H,24,26). The third-order valence-electron chi connectivity index (χ3n) is 5.06. The molecule has 28 heavy (non-hydrogen) atoms. The van der Waals surface area contributed by atoms with Crippen molar-refractivity contribution in [2.24, 2.45) is 0 Å². The number of anilines is 1. The van der Waals surface area contributed by atoms with Crippen molar-refractivity contribution in [3.05, 3.63) is 46.7 Å². The average molecular weight is 392 g/mol. The third-order valence-corrected chi connectivity index (χ3v) is 6.24. The molecule has 6 nitrogen and oxygen atoms in total. The van der Waals surface area contributed by atoms with Crippen molar-refractivity contribution in [1.82, 2.24) is 9.97 Å². The van der Waals surface area contributed by atoms with Crippen LogP contribution in [0.25, 0.3) is 10.2 Å². The summed E-state index contributed by atoms with van der Waals surface area (Å²) in [4.78, 5) is 21.4. The first-order chi connectivity index (χ1) is 13.7. The van der Waals surface area contributed by atoms with Gasteiger partial charge >= 0.3 is 0 Å². The van der Waals surface area contributed by atoms with Crippen LogP contribution in [0.15, 0.2) is 30.6 Å². The lowest BCUT2D eigenvalue weighted by molar-refractivity contribution is 0.102. The molecule has 0 radical (unpaired) electrons. The van der Waals surface area contributed by atoms with E-state index in [1.807, 2.05) is 18.2 Å². The van der Waals surface area contributed by atoms with Crippen LogP contribution in [0.3, 0.4) is 0 Å². The lowest BCUT2D eigenvalue weighted by Crippen LogP contribution is -2.13. The minimum Gasteiger partial charge on any atom is -0.494 e. The summed E-state index contributed by atoms with van der Waals surface area (Å²) >= 11 is 1.69. The molecule has 1 fully saturated rings. The number of nitriles is 1. The van der Waals surface area contributed by atoms with E-state index in [2.05, 4.69) is 10.3 Å². The Morgan fingerprint density at radius 1 is 1.25 bits per heavy atom. The number of nitrogens with one attached hydrogen (secondary N) is 1. The number of hydrogen-bond donors (Lipinski definition) is 1. The maximum Gasteiger partial charge on any atom is 0.257 e. The molecule has 1 saturated carbocycles. The van der Waals surface area contributed by atoms with Gasteiger partial charge in [0.1, 0.15) is 11.8 Å². The monoisotopic (exact) mass is 392 g/mol. The molecule has 7 heteroatoms. The van der Waals surface area contributed by atoms with Crippen LogP contribution in [-0.4, -0.2) is 23.0 Å². The zero-order valence-electron chi connectivity index (χ0n) is 15.6. The first-order valence-electron chi connectivity index (χ1n) is 9.33. The van der Waals surface area contributed by atoms with Gasteiger partial charge in [-0.05, 0) is 25.0 Å². The molecule has 4 rings (SSSR count). The maximum atomic E-state index is 12.6. The van der Waals surface area contributed by atoms with E-state index >= 15 is 0 Å². The van der Waals surface area contributed by atoms with Gasteiger partial charge in [-0.2, -0.15) is 5.26 Å². The molecule has 0 bridgehead atoms. The van der Waals surface area contributed by atoms with Gasteiger partial charge in [-0.15, -0.1) is 11.3 Å². The van der Waals surface area contributed by atoms with Gasteiger partial charge in [0.25, 0.3) is 5.91 Å². The predicted molar refractivity (Wildman–Crippen MR) is 109 cm³/mol. The van der Waals surface area contributed by atoms with E-state index in [0.717, 1.165) is 10.2 Å². The van der Waals surface area contributed by atoms with E-state index in [-0.39, 0.29) is 5.91 Å². The topological polar surface area (TPSA) is 87.9 Å². The summed E-state index contributed by atoms with van der Waals surface area (Å²) in [5.74, 6) is 0.764. The Bertz CT molecular complexity index is 1060. The number of methoxy groups -OCH3 is 1. The number of carbonyl (C=O) groups is 1. The molecule has 142 valence electrons. The van der Waals surface area contributed by atoms with Crippen LogP contribution >= 0.6 is 11.3 Å². The second-order valence-electron chi connectivity index (χ2n) is 6.94. The number of nitrogens with zero attached hydrogens (tertiary/aromatic N) is 3. The van der Waals surface area contributed by atoms with Crippen molar-refractivity contribution in [3.63, 3.8) is 0 Å². The first kappa shape index (κ1) is 18.4. The minimum atomic E-state index is -0.334. The zero-order valence-corrected chi connectivity index (χ0v) is 16.4. The zero-order chi connectivity index (χ0) is 19.5. The van der Waals surface area contributed by atoms with E-state index in [4.69, 9.17) is 15.0 Å². The highest BCUT2D eigenvalue weighted by Gasteiger charge is 2.20. The third kappa shape index (κ3) is 3.69. The summed E-state index contributed by atoms with van der Waals surface area (Å²) in [6.07, 6.45) is 9.10. The Balaban J connectivity index is 1.64. The normalized spacial score (nSPS) is 14.6. The Kier molecular flexibility index (Phi) is 5.22. The quantitative estimate of drug-likeness (QED) is 0.684. The molecule has 0 spiro atoms. The molecule has 1 N–H and O–H groups in total. The van der Waals surface area contributed by atoms with Crippen molar-refractivity contribution < 1.29 is 9.53 Å². The largest absolute Gasteiger partial charge is 0.494 e. The number of pyridine rings is 1. The SMILES string of the molecule is COc1cc2nc(C3CCCCC3)sc2cc1NC(=O)c1cncc(C#N)c1. The number of benzene rings is 1. The summed E-state index contributed by atoms with van der Waals surface area (Å²) in [5.41, 5.74) is 2.15. The highest BCUT2D eigenvalue weighted by Crippen LogP contribution is 2.39. The number of aromatic nitrogens is 2. The molecule has 2 aromatic heterocycles. The lowest BCUT2D eigenvalue weighted by atomic mass is 9.90. The van der Waals surface area contributed by atoms with Crippen LogP contribution in [0.5, 0.6) is 5.75 Å². The molecule has 2 heterocycles. The fourth-order valence-electron chi connectivity index (χ4n) is 3.58. The van der Waals surface area contributed by atoms with Gasteiger partial charge in [0, 0.05) is 24.4 Å². The number of rotatable bonds is 4. The molecule has 1 aliphatic rings. The van der Waals surface area contributed by atoms with Crippen LogP contribution in [0.1, 0.15) is 59.0 Å². The summed E-state index contributed by atoms with van der Waals surface area (Å²) in [7, 11) is 1.57. The smallest absolute Gasteiger partial charge is 0.257 e. The number of thiazole rings is 1. The fraction of sp³-hybridized carbons (Fsp3) is 0.333.